The van der Waals surface area contributed by atoms with Crippen LogP contribution in [0, 0.1) is 11.3 Å². The third-order valence-electron chi connectivity index (χ3n) is 5.91. The van der Waals surface area contributed by atoms with E-state index in [2.05, 4.69) is 40.5 Å². The van der Waals surface area contributed by atoms with Gasteiger partial charge in [0.2, 0.25) is 0 Å². The number of rotatable bonds is 8. The fourth-order valence-corrected chi connectivity index (χ4v) is 4.00. The van der Waals surface area contributed by atoms with Crippen LogP contribution in [0.25, 0.3) is 27.7 Å². The topological polar surface area (TPSA) is 87.7 Å². The summed E-state index contributed by atoms with van der Waals surface area (Å²) in [6, 6.07) is 18.3. The van der Waals surface area contributed by atoms with Gasteiger partial charge in [0.05, 0.1) is 19.8 Å². The lowest BCUT2D eigenvalue weighted by Gasteiger charge is -2.29. The van der Waals surface area contributed by atoms with Crippen molar-refractivity contribution in [2.75, 3.05) is 51.0 Å². The molecule has 4 rings (SSSR count). The molecular formula is C27H29N3O4. The number of ether oxygens (including phenoxy) is 2. The van der Waals surface area contributed by atoms with E-state index in [1.807, 2.05) is 25.1 Å². The van der Waals surface area contributed by atoms with Gasteiger partial charge in [-0.05, 0) is 55.0 Å². The second kappa shape index (κ2) is 11.0. The third-order valence-corrected chi connectivity index (χ3v) is 5.91. The minimum Gasteiger partial charge on any atom is -0.456 e. The Morgan fingerprint density at radius 1 is 1.12 bits per heavy atom. The Balaban J connectivity index is 1.53. The molecule has 1 aliphatic rings. The summed E-state index contributed by atoms with van der Waals surface area (Å²) in [5.41, 5.74) is 2.67. The summed E-state index contributed by atoms with van der Waals surface area (Å²) in [6.07, 6.45) is 0. The molecule has 7 heteroatoms. The maximum atomic E-state index is 12.4. The van der Waals surface area contributed by atoms with Crippen molar-refractivity contribution < 1.29 is 18.7 Å². The Bertz CT molecular complexity index is 1230. The summed E-state index contributed by atoms with van der Waals surface area (Å²) in [5, 5.41) is 14.5. The molecule has 3 aromatic rings. The number of carbonyl (C=O) groups excluding carboxylic acids is 1. The number of benzene rings is 2. The molecule has 1 saturated heterocycles. The van der Waals surface area contributed by atoms with Crippen LogP contribution in [0.4, 0.5) is 5.69 Å². The highest BCUT2D eigenvalue weighted by molar-refractivity contribution is 6.04. The standard InChI is InChI=1S/C27H29N3O4/c1-3-32-13-10-29-27(31)24(18-28)19(2)25-8-9-26(34-25)22-5-4-21-17-23(7-6-20(21)16-22)30-11-14-33-15-12-30/h4-9,16-17H,3,10-15H2,1-2H3,(H,29,31)/b24-19+. The van der Waals surface area contributed by atoms with E-state index in [9.17, 15) is 10.1 Å². The van der Waals surface area contributed by atoms with Gasteiger partial charge in [0.25, 0.3) is 5.91 Å². The van der Waals surface area contributed by atoms with Crippen molar-refractivity contribution in [1.82, 2.24) is 5.32 Å². The lowest BCUT2D eigenvalue weighted by atomic mass is 10.0. The Morgan fingerprint density at radius 2 is 1.88 bits per heavy atom. The summed E-state index contributed by atoms with van der Waals surface area (Å²) in [6.45, 7) is 8.26. The minimum absolute atomic E-state index is 0.0338. The summed E-state index contributed by atoms with van der Waals surface area (Å²) in [4.78, 5) is 14.8. The van der Waals surface area contributed by atoms with E-state index in [1.54, 1.807) is 13.0 Å². The van der Waals surface area contributed by atoms with Gasteiger partial charge in [-0.15, -0.1) is 0 Å². The normalized spacial score (nSPS) is 14.6. The first-order chi connectivity index (χ1) is 16.6. The van der Waals surface area contributed by atoms with E-state index in [1.165, 1.54) is 5.69 Å². The van der Waals surface area contributed by atoms with Crippen LogP contribution >= 0.6 is 0 Å². The molecule has 7 nitrogen and oxygen atoms in total. The number of carbonyl (C=O) groups is 1. The fourth-order valence-electron chi connectivity index (χ4n) is 4.00. The van der Waals surface area contributed by atoms with Crippen LogP contribution in [0.1, 0.15) is 19.6 Å². The first-order valence-corrected chi connectivity index (χ1v) is 11.5. The molecule has 0 spiro atoms. The number of morpholine rings is 1. The molecule has 0 saturated carbocycles. The number of allylic oxidation sites excluding steroid dienone is 1. The number of furan rings is 1. The molecule has 0 radical (unpaired) electrons. The molecule has 1 fully saturated rings. The SMILES string of the molecule is CCOCCNC(=O)/C(C#N)=C(\C)c1ccc(-c2ccc3cc(N4CCOCC4)ccc3c2)o1. The number of nitriles is 1. The first-order valence-electron chi connectivity index (χ1n) is 11.5. The lowest BCUT2D eigenvalue weighted by molar-refractivity contribution is -0.117. The van der Waals surface area contributed by atoms with Gasteiger partial charge in [-0.3, -0.25) is 4.79 Å². The molecule has 2 heterocycles. The zero-order chi connectivity index (χ0) is 23.9. The monoisotopic (exact) mass is 459 g/mol. The molecule has 1 aliphatic heterocycles. The minimum atomic E-state index is -0.431. The number of fused-ring (bicyclic) bond motifs is 1. The van der Waals surface area contributed by atoms with Crippen LogP contribution in [0.3, 0.4) is 0 Å². The third kappa shape index (κ3) is 5.30. The predicted octanol–water partition coefficient (Wildman–Crippen LogP) is 4.39. The van der Waals surface area contributed by atoms with Gasteiger partial charge < -0.3 is 24.1 Å². The van der Waals surface area contributed by atoms with Crippen molar-refractivity contribution in [2.45, 2.75) is 13.8 Å². The van der Waals surface area contributed by atoms with Crippen molar-refractivity contribution >= 4 is 27.9 Å². The van der Waals surface area contributed by atoms with Crippen LogP contribution in [-0.4, -0.2) is 52.0 Å². The number of nitrogens with zero attached hydrogens (tertiary/aromatic N) is 2. The molecule has 0 unspecified atom stereocenters. The molecule has 1 amide bonds. The van der Waals surface area contributed by atoms with Crippen molar-refractivity contribution in [3.8, 4) is 17.4 Å². The van der Waals surface area contributed by atoms with Gasteiger partial charge in [-0.1, -0.05) is 18.2 Å². The van der Waals surface area contributed by atoms with E-state index < -0.39 is 5.91 Å². The van der Waals surface area contributed by atoms with Crippen LogP contribution < -0.4 is 10.2 Å². The van der Waals surface area contributed by atoms with Gasteiger partial charge in [-0.25, -0.2) is 0 Å². The van der Waals surface area contributed by atoms with Gasteiger partial charge in [-0.2, -0.15) is 5.26 Å². The second-order valence-electron chi connectivity index (χ2n) is 8.07. The van der Waals surface area contributed by atoms with Crippen molar-refractivity contribution in [2.24, 2.45) is 0 Å². The molecule has 1 N–H and O–H groups in total. The molecule has 2 aromatic carbocycles. The maximum absolute atomic E-state index is 12.4. The number of hydrogen-bond acceptors (Lipinski definition) is 6. The van der Waals surface area contributed by atoms with E-state index in [0.29, 0.717) is 36.9 Å². The smallest absolute Gasteiger partial charge is 0.262 e. The molecule has 1 aromatic heterocycles. The Kier molecular flexibility index (Phi) is 7.63. The molecular weight excluding hydrogens is 430 g/mol. The number of nitrogens with one attached hydrogen (secondary N) is 1. The number of hydrogen-bond donors (Lipinski definition) is 1. The molecule has 34 heavy (non-hydrogen) atoms. The van der Waals surface area contributed by atoms with E-state index in [0.717, 1.165) is 42.6 Å². The maximum Gasteiger partial charge on any atom is 0.262 e. The highest BCUT2D eigenvalue weighted by Crippen LogP contribution is 2.31. The van der Waals surface area contributed by atoms with Crippen molar-refractivity contribution in [3.63, 3.8) is 0 Å². The highest BCUT2D eigenvalue weighted by Gasteiger charge is 2.17. The first kappa shape index (κ1) is 23.6. The zero-order valence-electron chi connectivity index (χ0n) is 19.6. The van der Waals surface area contributed by atoms with Crippen molar-refractivity contribution in [1.29, 1.82) is 5.26 Å². The zero-order valence-corrected chi connectivity index (χ0v) is 19.6. The van der Waals surface area contributed by atoms with Crippen LogP contribution in [0.2, 0.25) is 0 Å². The van der Waals surface area contributed by atoms with Gasteiger partial charge in [0.15, 0.2) is 0 Å². The summed E-state index contributed by atoms with van der Waals surface area (Å²) < 4.78 is 16.7. The average Bonchev–Trinajstić information content (AvgIpc) is 3.37. The van der Waals surface area contributed by atoms with E-state index in [4.69, 9.17) is 13.9 Å². The molecule has 176 valence electrons. The summed E-state index contributed by atoms with van der Waals surface area (Å²) >= 11 is 0. The highest BCUT2D eigenvalue weighted by atomic mass is 16.5. The van der Waals surface area contributed by atoms with Crippen LogP contribution in [-0.2, 0) is 14.3 Å². The molecule has 0 bridgehead atoms. The summed E-state index contributed by atoms with van der Waals surface area (Å²) in [5.74, 6) is 0.747. The fraction of sp³-hybridized carbons (Fsp3) is 0.333. The second-order valence-corrected chi connectivity index (χ2v) is 8.07. The van der Waals surface area contributed by atoms with Gasteiger partial charge in [0.1, 0.15) is 23.2 Å². The average molecular weight is 460 g/mol. The predicted molar refractivity (Wildman–Crippen MR) is 132 cm³/mol. The van der Waals surface area contributed by atoms with Gasteiger partial charge >= 0.3 is 0 Å². The van der Waals surface area contributed by atoms with E-state index in [-0.39, 0.29) is 5.57 Å². The van der Waals surface area contributed by atoms with Crippen LogP contribution in [0.15, 0.2) is 58.5 Å². The van der Waals surface area contributed by atoms with Crippen LogP contribution in [0.5, 0.6) is 0 Å². The summed E-state index contributed by atoms with van der Waals surface area (Å²) in [7, 11) is 0. The van der Waals surface area contributed by atoms with Crippen molar-refractivity contribution in [3.05, 3.63) is 59.9 Å². The Hall–Kier alpha value is -3.60. The Labute approximate surface area is 199 Å². The number of anilines is 1. The lowest BCUT2D eigenvalue weighted by Crippen LogP contribution is -2.36. The Morgan fingerprint density at radius 3 is 2.65 bits per heavy atom. The van der Waals surface area contributed by atoms with E-state index >= 15 is 0 Å². The largest absolute Gasteiger partial charge is 0.456 e. The number of amides is 1. The molecule has 0 aliphatic carbocycles. The molecule has 0 atom stereocenters. The quantitative estimate of drug-likeness (QED) is 0.305. The van der Waals surface area contributed by atoms with Gasteiger partial charge in [0, 0.05) is 43.1 Å².